The largest absolute Gasteiger partial charge is 0.480 e. The van der Waals surface area contributed by atoms with E-state index in [0.29, 0.717) is 0 Å². The van der Waals surface area contributed by atoms with E-state index in [1.807, 2.05) is 18.2 Å². The molecule has 0 saturated carbocycles. The minimum Gasteiger partial charge on any atom is -0.480 e. The zero-order chi connectivity index (χ0) is 15.4. The fourth-order valence-electron chi connectivity index (χ4n) is 2.81. The first-order chi connectivity index (χ1) is 10.8. The predicted octanol–water partition coefficient (Wildman–Crippen LogP) is 6.02. The molecule has 3 aromatic carbocycles. The molecule has 0 aliphatic heterocycles. The normalized spacial score (nSPS) is 10.8. The highest BCUT2D eigenvalue weighted by atomic mass is 31.0. The van der Waals surface area contributed by atoms with Gasteiger partial charge in [0.15, 0.2) is 0 Å². The van der Waals surface area contributed by atoms with E-state index in [1.165, 1.54) is 34.7 Å². The van der Waals surface area contributed by atoms with Crippen LogP contribution in [-0.2, 0) is 6.42 Å². The van der Waals surface area contributed by atoms with Crippen molar-refractivity contribution < 1.29 is 4.52 Å². The van der Waals surface area contributed by atoms with Gasteiger partial charge in [-0.25, -0.2) is 0 Å². The second-order valence-electron chi connectivity index (χ2n) is 5.61. The first kappa shape index (κ1) is 15.1. The quantitative estimate of drug-likeness (QED) is 0.524. The molecule has 0 fully saturated rings. The monoisotopic (exact) mass is 308 g/mol. The lowest BCUT2D eigenvalue weighted by atomic mass is 9.98. The van der Waals surface area contributed by atoms with Gasteiger partial charge in [0.2, 0.25) is 0 Å². The van der Waals surface area contributed by atoms with Crippen LogP contribution in [0.1, 0.15) is 25.3 Å². The lowest BCUT2D eigenvalue weighted by molar-refractivity contribution is 0.648. The Morgan fingerprint density at radius 1 is 0.909 bits per heavy atom. The van der Waals surface area contributed by atoms with E-state index in [4.69, 9.17) is 4.52 Å². The van der Waals surface area contributed by atoms with Crippen molar-refractivity contribution in [2.24, 2.45) is 0 Å². The first-order valence-electron chi connectivity index (χ1n) is 7.80. The standard InChI is InChI=1S/C20H21OP/c1-2-3-6-15-9-10-17-14-18(12-11-16(17)13-15)19-7-4-5-8-20(19)21-22/h4-5,7-14H,2-3,6,22H2,1H3. The van der Waals surface area contributed by atoms with Crippen LogP contribution < -0.4 is 4.52 Å². The molecule has 0 aromatic heterocycles. The van der Waals surface area contributed by atoms with E-state index in [2.05, 4.69) is 58.9 Å². The van der Waals surface area contributed by atoms with Crippen LogP contribution in [0.15, 0.2) is 60.7 Å². The van der Waals surface area contributed by atoms with Gasteiger partial charge >= 0.3 is 0 Å². The van der Waals surface area contributed by atoms with Crippen molar-refractivity contribution >= 4 is 20.2 Å². The summed E-state index contributed by atoms with van der Waals surface area (Å²) in [5, 5.41) is 2.58. The Morgan fingerprint density at radius 3 is 2.50 bits per heavy atom. The molecule has 0 aliphatic carbocycles. The van der Waals surface area contributed by atoms with E-state index in [-0.39, 0.29) is 0 Å². The van der Waals surface area contributed by atoms with Crippen molar-refractivity contribution in [3.05, 3.63) is 66.2 Å². The molecular weight excluding hydrogens is 287 g/mol. The average Bonchev–Trinajstić information content (AvgIpc) is 2.59. The molecular formula is C20H21OP. The number of unbranched alkanes of at least 4 members (excludes halogenated alkanes) is 1. The Hall–Kier alpha value is -1.85. The van der Waals surface area contributed by atoms with Gasteiger partial charge in [0.05, 0.1) is 9.47 Å². The first-order valence-corrected chi connectivity index (χ1v) is 8.28. The topological polar surface area (TPSA) is 9.23 Å². The second kappa shape index (κ2) is 6.94. The second-order valence-corrected chi connectivity index (χ2v) is 5.85. The fourth-order valence-corrected chi connectivity index (χ4v) is 3.01. The lowest BCUT2D eigenvalue weighted by Crippen LogP contribution is -1.86. The van der Waals surface area contributed by atoms with Crippen molar-refractivity contribution in [1.82, 2.24) is 0 Å². The number of hydrogen-bond donors (Lipinski definition) is 0. The van der Waals surface area contributed by atoms with Gasteiger partial charge < -0.3 is 4.52 Å². The van der Waals surface area contributed by atoms with Crippen LogP contribution >= 0.6 is 9.47 Å². The highest BCUT2D eigenvalue weighted by Crippen LogP contribution is 2.33. The van der Waals surface area contributed by atoms with Crippen LogP contribution in [0, 0.1) is 0 Å². The zero-order valence-corrected chi connectivity index (χ0v) is 14.0. The molecule has 22 heavy (non-hydrogen) atoms. The Labute approximate surface area is 134 Å². The van der Waals surface area contributed by atoms with Gasteiger partial charge in [0, 0.05) is 5.56 Å². The summed E-state index contributed by atoms with van der Waals surface area (Å²) < 4.78 is 5.39. The molecule has 0 N–H and O–H groups in total. The van der Waals surface area contributed by atoms with Crippen molar-refractivity contribution in [2.75, 3.05) is 0 Å². The Bertz CT molecular complexity index is 780. The summed E-state index contributed by atoms with van der Waals surface area (Å²) >= 11 is 0. The van der Waals surface area contributed by atoms with Crippen molar-refractivity contribution in [3.8, 4) is 16.9 Å². The zero-order valence-electron chi connectivity index (χ0n) is 12.9. The molecule has 0 radical (unpaired) electrons. The van der Waals surface area contributed by atoms with Gasteiger partial charge in [0.25, 0.3) is 0 Å². The van der Waals surface area contributed by atoms with E-state index in [1.54, 1.807) is 0 Å². The van der Waals surface area contributed by atoms with Crippen LogP contribution in [0.25, 0.3) is 21.9 Å². The van der Waals surface area contributed by atoms with E-state index in [0.717, 1.165) is 17.7 Å². The molecule has 0 heterocycles. The summed E-state index contributed by atoms with van der Waals surface area (Å²) in [6.45, 7) is 2.23. The summed E-state index contributed by atoms with van der Waals surface area (Å²) in [6.07, 6.45) is 3.66. The van der Waals surface area contributed by atoms with Gasteiger partial charge in [-0.3, -0.25) is 0 Å². The molecule has 112 valence electrons. The highest BCUT2D eigenvalue weighted by Gasteiger charge is 2.06. The summed E-state index contributed by atoms with van der Waals surface area (Å²) in [4.78, 5) is 0. The summed E-state index contributed by atoms with van der Waals surface area (Å²) in [5.74, 6) is 0.881. The third-order valence-electron chi connectivity index (χ3n) is 4.05. The van der Waals surface area contributed by atoms with Crippen molar-refractivity contribution in [1.29, 1.82) is 0 Å². The molecule has 1 unspecified atom stereocenters. The molecule has 0 aliphatic rings. The summed E-state index contributed by atoms with van der Waals surface area (Å²) in [5.41, 5.74) is 3.73. The van der Waals surface area contributed by atoms with Crippen LogP contribution in [0.4, 0.5) is 0 Å². The Balaban J connectivity index is 1.99. The maximum atomic E-state index is 5.39. The predicted molar refractivity (Wildman–Crippen MR) is 98.3 cm³/mol. The van der Waals surface area contributed by atoms with E-state index in [9.17, 15) is 0 Å². The van der Waals surface area contributed by atoms with Crippen LogP contribution in [0.2, 0.25) is 0 Å². The maximum absolute atomic E-state index is 5.39. The summed E-state index contributed by atoms with van der Waals surface area (Å²) in [6, 6.07) is 21.5. The van der Waals surface area contributed by atoms with Gasteiger partial charge in [0.1, 0.15) is 5.75 Å². The number of rotatable bonds is 5. The number of hydrogen-bond acceptors (Lipinski definition) is 1. The van der Waals surface area contributed by atoms with Gasteiger partial charge in [-0.15, -0.1) is 0 Å². The average molecular weight is 308 g/mol. The summed E-state index contributed by atoms with van der Waals surface area (Å²) in [7, 11) is 2.33. The van der Waals surface area contributed by atoms with Gasteiger partial charge in [-0.1, -0.05) is 61.9 Å². The minimum absolute atomic E-state index is 0.881. The molecule has 2 heteroatoms. The lowest BCUT2D eigenvalue weighted by Gasteiger charge is -2.10. The fraction of sp³-hybridized carbons (Fsp3) is 0.200. The van der Waals surface area contributed by atoms with Gasteiger partial charge in [-0.05, 0) is 46.9 Å². The minimum atomic E-state index is 0.881. The maximum Gasteiger partial charge on any atom is 0.130 e. The molecule has 0 saturated heterocycles. The highest BCUT2D eigenvalue weighted by molar-refractivity contribution is 7.10. The molecule has 0 amide bonds. The number of benzene rings is 3. The van der Waals surface area contributed by atoms with Crippen LogP contribution in [0.3, 0.4) is 0 Å². The molecule has 3 rings (SSSR count). The van der Waals surface area contributed by atoms with Crippen LogP contribution in [-0.4, -0.2) is 0 Å². The Morgan fingerprint density at radius 2 is 1.68 bits per heavy atom. The van der Waals surface area contributed by atoms with E-state index >= 15 is 0 Å². The van der Waals surface area contributed by atoms with Crippen molar-refractivity contribution in [3.63, 3.8) is 0 Å². The third-order valence-corrected chi connectivity index (χ3v) is 4.30. The molecule has 3 aromatic rings. The SMILES string of the molecule is CCCCc1ccc2cc(-c3ccccc3OP)ccc2c1. The number of aryl methyl sites for hydroxylation is 1. The van der Waals surface area contributed by atoms with Crippen molar-refractivity contribution in [2.45, 2.75) is 26.2 Å². The molecule has 1 nitrogen and oxygen atoms in total. The van der Waals surface area contributed by atoms with Crippen LogP contribution in [0.5, 0.6) is 5.75 Å². The smallest absolute Gasteiger partial charge is 0.130 e. The number of fused-ring (bicyclic) bond motifs is 1. The molecule has 1 atom stereocenters. The van der Waals surface area contributed by atoms with Gasteiger partial charge in [-0.2, -0.15) is 0 Å². The molecule has 0 spiro atoms. The Kier molecular flexibility index (Phi) is 4.75. The van der Waals surface area contributed by atoms with E-state index < -0.39 is 0 Å². The molecule has 0 bridgehead atoms. The number of para-hydroxylation sites is 1. The third kappa shape index (κ3) is 3.15.